The van der Waals surface area contributed by atoms with Gasteiger partial charge in [-0.1, -0.05) is 45.9 Å². The minimum absolute atomic E-state index is 0.178. The lowest BCUT2D eigenvalue weighted by molar-refractivity contribution is -0.274. The third-order valence-electron chi connectivity index (χ3n) is 2.86. The Balaban J connectivity index is 0. The molecule has 0 aliphatic heterocycles. The van der Waals surface area contributed by atoms with Crippen LogP contribution in [0.4, 0.5) is 13.2 Å². The third kappa shape index (κ3) is 12.0. The van der Waals surface area contributed by atoms with Crippen molar-refractivity contribution in [3.05, 3.63) is 64.7 Å². The Morgan fingerprint density at radius 1 is 0.846 bits per heavy atom. The maximum Gasteiger partial charge on any atom is 0.573 e. The van der Waals surface area contributed by atoms with Crippen molar-refractivity contribution in [2.24, 2.45) is 0 Å². The van der Waals surface area contributed by atoms with Gasteiger partial charge in [0.15, 0.2) is 0 Å². The zero-order valence-electron chi connectivity index (χ0n) is 16.5. The second-order valence-corrected chi connectivity index (χ2v) is 4.78. The number of benzene rings is 2. The highest BCUT2D eigenvalue weighted by atomic mass is 19.4. The summed E-state index contributed by atoms with van der Waals surface area (Å²) < 4.78 is 38.6. The summed E-state index contributed by atoms with van der Waals surface area (Å²) in [6.07, 6.45) is -4.60. The Morgan fingerprint density at radius 3 is 1.85 bits per heavy atom. The molecule has 0 aliphatic carbocycles. The molecule has 2 nitrogen and oxygen atoms in total. The van der Waals surface area contributed by atoms with Crippen LogP contribution in [0.25, 0.3) is 0 Å². The molecule has 2 aromatic rings. The van der Waals surface area contributed by atoms with Crippen LogP contribution in [-0.4, -0.2) is 6.36 Å². The van der Waals surface area contributed by atoms with Gasteiger partial charge in [0.05, 0.1) is 11.6 Å². The standard InChI is InChI=1S/C9H9N.C8H7F3O.2C2H6/c1-7-3-4-9(6-10)5-8(7)2;1-6-3-2-4-7(5-6)12-8(9,10)11;2*1-2/h3-5H,1-2H3;2-5H,1H3;2*1-2H3. The van der Waals surface area contributed by atoms with E-state index in [1.807, 2.05) is 59.7 Å². The van der Waals surface area contributed by atoms with Gasteiger partial charge >= 0.3 is 6.36 Å². The molecule has 0 amide bonds. The molecule has 0 fully saturated rings. The van der Waals surface area contributed by atoms with E-state index in [2.05, 4.69) is 10.8 Å². The van der Waals surface area contributed by atoms with E-state index in [0.29, 0.717) is 0 Å². The number of aryl methyl sites for hydroxylation is 3. The minimum atomic E-state index is -4.60. The molecular weight excluding hydrogens is 339 g/mol. The molecule has 0 aromatic heterocycles. The number of ether oxygens (including phenoxy) is 1. The van der Waals surface area contributed by atoms with Gasteiger partial charge in [-0.3, -0.25) is 0 Å². The molecule has 0 saturated heterocycles. The van der Waals surface area contributed by atoms with Crippen molar-refractivity contribution in [2.45, 2.75) is 54.8 Å². The van der Waals surface area contributed by atoms with E-state index >= 15 is 0 Å². The van der Waals surface area contributed by atoms with Gasteiger partial charge in [-0.05, 0) is 61.7 Å². The van der Waals surface area contributed by atoms with Gasteiger partial charge < -0.3 is 4.74 Å². The van der Waals surface area contributed by atoms with Crippen molar-refractivity contribution in [1.29, 1.82) is 5.26 Å². The SMILES string of the molecule is CC.CC.Cc1ccc(C#N)cc1C.Cc1cccc(OC(F)(F)F)c1. The van der Waals surface area contributed by atoms with Crippen LogP contribution in [0.2, 0.25) is 0 Å². The van der Waals surface area contributed by atoms with E-state index in [0.717, 1.165) is 11.1 Å². The molecule has 2 rings (SSSR count). The van der Waals surface area contributed by atoms with Gasteiger partial charge in [-0.2, -0.15) is 5.26 Å². The summed E-state index contributed by atoms with van der Waals surface area (Å²) in [7, 11) is 0. The highest BCUT2D eigenvalue weighted by molar-refractivity contribution is 5.36. The maximum atomic E-state index is 11.7. The molecule has 0 aliphatic rings. The third-order valence-corrected chi connectivity index (χ3v) is 2.86. The van der Waals surface area contributed by atoms with Crippen molar-refractivity contribution in [3.8, 4) is 11.8 Å². The van der Waals surface area contributed by atoms with Crippen LogP contribution in [0.1, 0.15) is 49.9 Å². The van der Waals surface area contributed by atoms with E-state index in [9.17, 15) is 13.2 Å². The predicted octanol–water partition coefficient (Wildman–Crippen LogP) is 7.12. The summed E-state index contributed by atoms with van der Waals surface area (Å²) in [5.41, 5.74) is 3.89. The van der Waals surface area contributed by atoms with Gasteiger partial charge in [0, 0.05) is 0 Å². The Bertz CT molecular complexity index is 674. The number of alkyl halides is 3. The summed E-state index contributed by atoms with van der Waals surface area (Å²) in [5, 5.41) is 8.50. The Labute approximate surface area is 155 Å². The molecular formula is C21H28F3NO. The van der Waals surface area contributed by atoms with Crippen molar-refractivity contribution < 1.29 is 17.9 Å². The largest absolute Gasteiger partial charge is 0.573 e. The summed E-state index contributed by atoms with van der Waals surface area (Å²) in [4.78, 5) is 0. The fourth-order valence-electron chi connectivity index (χ4n) is 1.62. The highest BCUT2D eigenvalue weighted by Gasteiger charge is 2.30. The van der Waals surface area contributed by atoms with E-state index in [1.54, 1.807) is 13.0 Å². The van der Waals surface area contributed by atoms with Gasteiger partial charge in [0.1, 0.15) is 5.75 Å². The summed E-state index contributed by atoms with van der Waals surface area (Å²) in [6, 6.07) is 13.6. The summed E-state index contributed by atoms with van der Waals surface area (Å²) in [5.74, 6) is -0.178. The highest BCUT2D eigenvalue weighted by Crippen LogP contribution is 2.22. The fraction of sp³-hybridized carbons (Fsp3) is 0.381. The zero-order valence-corrected chi connectivity index (χ0v) is 16.5. The normalized spacial score (nSPS) is 9.12. The monoisotopic (exact) mass is 367 g/mol. The zero-order chi connectivity index (χ0) is 20.8. The van der Waals surface area contributed by atoms with Crippen molar-refractivity contribution in [2.75, 3.05) is 0 Å². The number of halogens is 3. The number of nitriles is 1. The lowest BCUT2D eigenvalue weighted by atomic mass is 10.1. The molecule has 0 bridgehead atoms. The van der Waals surface area contributed by atoms with Crippen LogP contribution in [0.3, 0.4) is 0 Å². The van der Waals surface area contributed by atoms with Gasteiger partial charge in [-0.15, -0.1) is 13.2 Å². The molecule has 0 unspecified atom stereocenters. The second-order valence-electron chi connectivity index (χ2n) is 4.78. The maximum absolute atomic E-state index is 11.7. The van der Waals surface area contributed by atoms with Crippen molar-refractivity contribution >= 4 is 0 Å². The minimum Gasteiger partial charge on any atom is -0.406 e. The van der Waals surface area contributed by atoms with Crippen LogP contribution in [-0.2, 0) is 0 Å². The molecule has 0 saturated carbocycles. The molecule has 144 valence electrons. The number of nitrogens with zero attached hydrogens (tertiary/aromatic N) is 1. The molecule has 0 heterocycles. The van der Waals surface area contributed by atoms with E-state index in [1.165, 1.54) is 29.3 Å². The average molecular weight is 367 g/mol. The summed E-state index contributed by atoms with van der Waals surface area (Å²) in [6.45, 7) is 13.7. The van der Waals surface area contributed by atoms with Crippen LogP contribution < -0.4 is 4.74 Å². The van der Waals surface area contributed by atoms with Crippen LogP contribution in [0.5, 0.6) is 5.75 Å². The fourth-order valence-corrected chi connectivity index (χ4v) is 1.62. The number of hydrogen-bond acceptors (Lipinski definition) is 2. The molecule has 0 radical (unpaired) electrons. The van der Waals surface area contributed by atoms with E-state index < -0.39 is 6.36 Å². The number of hydrogen-bond donors (Lipinski definition) is 0. The van der Waals surface area contributed by atoms with Crippen LogP contribution >= 0.6 is 0 Å². The first-order valence-corrected chi connectivity index (χ1v) is 8.51. The predicted molar refractivity (Wildman–Crippen MR) is 101 cm³/mol. The lowest BCUT2D eigenvalue weighted by Crippen LogP contribution is -2.17. The average Bonchev–Trinajstić information content (AvgIpc) is 2.60. The molecule has 0 N–H and O–H groups in total. The van der Waals surface area contributed by atoms with E-state index in [-0.39, 0.29) is 5.75 Å². The quantitative estimate of drug-likeness (QED) is 0.537. The smallest absolute Gasteiger partial charge is 0.406 e. The summed E-state index contributed by atoms with van der Waals surface area (Å²) >= 11 is 0. The molecule has 26 heavy (non-hydrogen) atoms. The van der Waals surface area contributed by atoms with Crippen molar-refractivity contribution in [1.82, 2.24) is 0 Å². The van der Waals surface area contributed by atoms with Gasteiger partial charge in [0.25, 0.3) is 0 Å². The molecule has 5 heteroatoms. The Hall–Kier alpha value is -2.48. The Morgan fingerprint density at radius 2 is 1.42 bits per heavy atom. The molecule has 0 spiro atoms. The second kappa shape index (κ2) is 13.8. The Kier molecular flexibility index (Phi) is 13.6. The molecule has 2 aromatic carbocycles. The van der Waals surface area contributed by atoms with Gasteiger partial charge in [0.2, 0.25) is 0 Å². The topological polar surface area (TPSA) is 33.0 Å². The first kappa shape index (κ1) is 25.8. The number of rotatable bonds is 1. The van der Waals surface area contributed by atoms with Crippen LogP contribution in [0, 0.1) is 32.1 Å². The first-order valence-electron chi connectivity index (χ1n) is 8.51. The molecule has 0 atom stereocenters. The van der Waals surface area contributed by atoms with Gasteiger partial charge in [-0.25, -0.2) is 0 Å². The lowest BCUT2D eigenvalue weighted by Gasteiger charge is -2.08. The van der Waals surface area contributed by atoms with Crippen molar-refractivity contribution in [3.63, 3.8) is 0 Å². The van der Waals surface area contributed by atoms with E-state index in [4.69, 9.17) is 5.26 Å². The van der Waals surface area contributed by atoms with Crippen LogP contribution in [0.15, 0.2) is 42.5 Å². The first-order chi connectivity index (χ1) is 12.2.